The Morgan fingerprint density at radius 3 is 3.14 bits per heavy atom. The lowest BCUT2D eigenvalue weighted by Crippen LogP contribution is -2.29. The Hall–Kier alpha value is -2.01. The maximum atomic E-state index is 11.7. The zero-order chi connectivity index (χ0) is 14.5. The van der Waals surface area contributed by atoms with Crippen molar-refractivity contribution in [3.8, 4) is 11.5 Å². The van der Waals surface area contributed by atoms with Crippen LogP contribution in [-0.4, -0.2) is 31.8 Å². The summed E-state index contributed by atoms with van der Waals surface area (Å²) < 4.78 is 10.6. The molecule has 112 valence electrons. The molecule has 2 heterocycles. The first-order valence-corrected chi connectivity index (χ1v) is 7.40. The molecule has 0 aromatic heterocycles. The van der Waals surface area contributed by atoms with Gasteiger partial charge in [-0.3, -0.25) is 4.79 Å². The number of rotatable bonds is 5. The smallest absolute Gasteiger partial charge is 0.243 e. The van der Waals surface area contributed by atoms with E-state index in [-0.39, 0.29) is 12.7 Å². The average molecular weight is 288 g/mol. The van der Waals surface area contributed by atoms with E-state index in [9.17, 15) is 4.79 Å². The van der Waals surface area contributed by atoms with Crippen molar-refractivity contribution in [3.05, 3.63) is 29.8 Å². The van der Waals surface area contributed by atoms with Crippen LogP contribution in [0.1, 0.15) is 24.8 Å². The third-order valence-electron chi connectivity index (χ3n) is 3.78. The predicted molar refractivity (Wildman–Crippen MR) is 80.3 cm³/mol. The highest BCUT2D eigenvalue weighted by Crippen LogP contribution is 2.32. The molecule has 0 spiro atoms. The van der Waals surface area contributed by atoms with E-state index in [2.05, 4.69) is 10.6 Å². The fraction of sp³-hybridized carbons (Fsp3) is 0.438. The van der Waals surface area contributed by atoms with Crippen LogP contribution >= 0.6 is 0 Å². The minimum absolute atomic E-state index is 0.0642. The number of amides is 1. The third kappa shape index (κ3) is 3.76. The van der Waals surface area contributed by atoms with Gasteiger partial charge in [-0.25, -0.2) is 0 Å². The standard InChI is InChI=1S/C16H20N2O3/c19-16(18-9-7-13-2-1-8-17-13)6-4-12-3-5-14-15(10-12)21-11-20-14/h3-6,10,13,17H,1-2,7-9,11H2,(H,18,19)/b6-4+/t13-/m1/s1. The molecule has 5 nitrogen and oxygen atoms in total. The lowest BCUT2D eigenvalue weighted by atomic mass is 10.1. The molecule has 2 aliphatic rings. The molecule has 2 N–H and O–H groups in total. The Kier molecular flexibility index (Phi) is 4.40. The van der Waals surface area contributed by atoms with Gasteiger partial charge in [0.05, 0.1) is 0 Å². The molecule has 1 aromatic carbocycles. The molecule has 2 aliphatic heterocycles. The Labute approximate surface area is 124 Å². The minimum Gasteiger partial charge on any atom is -0.454 e. The maximum Gasteiger partial charge on any atom is 0.243 e. The lowest BCUT2D eigenvalue weighted by Gasteiger charge is -2.09. The highest BCUT2D eigenvalue weighted by Gasteiger charge is 2.13. The third-order valence-corrected chi connectivity index (χ3v) is 3.78. The van der Waals surface area contributed by atoms with Crippen LogP contribution in [0, 0.1) is 0 Å². The molecule has 3 rings (SSSR count). The number of carbonyl (C=O) groups is 1. The molecule has 5 heteroatoms. The molecule has 0 unspecified atom stereocenters. The zero-order valence-electron chi connectivity index (χ0n) is 11.9. The van der Waals surface area contributed by atoms with E-state index in [0.717, 1.165) is 30.0 Å². The Balaban J connectivity index is 1.45. The SMILES string of the molecule is O=C(/C=C/c1ccc2c(c1)OCO2)NCC[C@H]1CCCN1. The van der Waals surface area contributed by atoms with Crippen molar-refractivity contribution in [3.63, 3.8) is 0 Å². The Morgan fingerprint density at radius 2 is 2.29 bits per heavy atom. The van der Waals surface area contributed by atoms with Crippen molar-refractivity contribution < 1.29 is 14.3 Å². The Morgan fingerprint density at radius 1 is 1.38 bits per heavy atom. The first-order chi connectivity index (χ1) is 10.3. The van der Waals surface area contributed by atoms with Gasteiger partial charge in [0.2, 0.25) is 12.7 Å². The summed E-state index contributed by atoms with van der Waals surface area (Å²) in [5.41, 5.74) is 0.923. The minimum atomic E-state index is -0.0642. The van der Waals surface area contributed by atoms with Gasteiger partial charge in [0.25, 0.3) is 0 Å². The predicted octanol–water partition coefficient (Wildman–Crippen LogP) is 1.69. The molecule has 0 radical (unpaired) electrons. The summed E-state index contributed by atoms with van der Waals surface area (Å²) in [6, 6.07) is 6.18. The van der Waals surface area contributed by atoms with E-state index >= 15 is 0 Å². The number of hydrogen-bond donors (Lipinski definition) is 2. The molecular weight excluding hydrogens is 268 g/mol. The molecule has 0 aliphatic carbocycles. The van der Waals surface area contributed by atoms with E-state index in [4.69, 9.17) is 9.47 Å². The van der Waals surface area contributed by atoms with Crippen LogP contribution in [-0.2, 0) is 4.79 Å². The van der Waals surface area contributed by atoms with E-state index in [1.54, 1.807) is 12.2 Å². The summed E-state index contributed by atoms with van der Waals surface area (Å²) in [5.74, 6) is 1.41. The number of carbonyl (C=O) groups excluding carboxylic acids is 1. The molecule has 1 fully saturated rings. The van der Waals surface area contributed by atoms with E-state index < -0.39 is 0 Å². The summed E-state index contributed by atoms with van der Waals surface area (Å²) in [4.78, 5) is 11.7. The van der Waals surface area contributed by atoms with Gasteiger partial charge in [-0.15, -0.1) is 0 Å². The number of benzene rings is 1. The second-order valence-corrected chi connectivity index (χ2v) is 5.32. The van der Waals surface area contributed by atoms with Crippen LogP contribution in [0.5, 0.6) is 11.5 Å². The molecule has 21 heavy (non-hydrogen) atoms. The summed E-state index contributed by atoms with van der Waals surface area (Å²) in [7, 11) is 0. The molecular formula is C16H20N2O3. The molecule has 0 saturated carbocycles. The van der Waals surface area contributed by atoms with Crippen LogP contribution in [0.2, 0.25) is 0 Å². The summed E-state index contributed by atoms with van der Waals surface area (Å²) >= 11 is 0. The molecule has 1 amide bonds. The van der Waals surface area contributed by atoms with Gasteiger partial charge < -0.3 is 20.1 Å². The average Bonchev–Trinajstić information content (AvgIpc) is 3.15. The highest BCUT2D eigenvalue weighted by molar-refractivity contribution is 5.91. The van der Waals surface area contributed by atoms with Crippen LogP contribution in [0.15, 0.2) is 24.3 Å². The molecule has 1 saturated heterocycles. The van der Waals surface area contributed by atoms with Crippen molar-refractivity contribution in [2.45, 2.75) is 25.3 Å². The van der Waals surface area contributed by atoms with Crippen LogP contribution in [0.4, 0.5) is 0 Å². The summed E-state index contributed by atoms with van der Waals surface area (Å²) in [5, 5.41) is 6.33. The first-order valence-electron chi connectivity index (χ1n) is 7.40. The maximum absolute atomic E-state index is 11.7. The highest BCUT2D eigenvalue weighted by atomic mass is 16.7. The second-order valence-electron chi connectivity index (χ2n) is 5.32. The summed E-state index contributed by atoms with van der Waals surface area (Å²) in [6.45, 7) is 2.07. The van der Waals surface area contributed by atoms with Gasteiger partial charge in [0.15, 0.2) is 11.5 Å². The van der Waals surface area contributed by atoms with Crippen molar-refractivity contribution >= 4 is 12.0 Å². The number of fused-ring (bicyclic) bond motifs is 1. The quantitative estimate of drug-likeness (QED) is 0.810. The van der Waals surface area contributed by atoms with Crippen molar-refractivity contribution in [2.75, 3.05) is 19.9 Å². The molecule has 0 bridgehead atoms. The van der Waals surface area contributed by atoms with Gasteiger partial charge >= 0.3 is 0 Å². The van der Waals surface area contributed by atoms with Gasteiger partial charge in [-0.2, -0.15) is 0 Å². The fourth-order valence-electron chi connectivity index (χ4n) is 2.62. The van der Waals surface area contributed by atoms with Crippen molar-refractivity contribution in [2.24, 2.45) is 0 Å². The fourth-order valence-corrected chi connectivity index (χ4v) is 2.62. The summed E-state index contributed by atoms with van der Waals surface area (Å²) in [6.07, 6.45) is 6.78. The topological polar surface area (TPSA) is 59.6 Å². The number of ether oxygens (including phenoxy) is 2. The number of nitrogens with one attached hydrogen (secondary N) is 2. The van der Waals surface area contributed by atoms with Crippen LogP contribution < -0.4 is 20.1 Å². The van der Waals surface area contributed by atoms with Gasteiger partial charge in [0, 0.05) is 18.7 Å². The van der Waals surface area contributed by atoms with Gasteiger partial charge in [-0.05, 0) is 49.6 Å². The van der Waals surface area contributed by atoms with E-state index in [1.807, 2.05) is 18.2 Å². The zero-order valence-corrected chi connectivity index (χ0v) is 11.9. The normalized spacial score (nSPS) is 20.1. The molecule has 1 atom stereocenters. The number of hydrogen-bond acceptors (Lipinski definition) is 4. The first kappa shape index (κ1) is 13.9. The van der Waals surface area contributed by atoms with E-state index in [1.165, 1.54) is 12.8 Å². The lowest BCUT2D eigenvalue weighted by molar-refractivity contribution is -0.116. The second kappa shape index (κ2) is 6.63. The van der Waals surface area contributed by atoms with Crippen molar-refractivity contribution in [1.29, 1.82) is 0 Å². The van der Waals surface area contributed by atoms with Crippen LogP contribution in [0.3, 0.4) is 0 Å². The van der Waals surface area contributed by atoms with E-state index in [0.29, 0.717) is 12.6 Å². The van der Waals surface area contributed by atoms with Gasteiger partial charge in [-0.1, -0.05) is 6.07 Å². The Bertz CT molecular complexity index is 536. The van der Waals surface area contributed by atoms with Gasteiger partial charge in [0.1, 0.15) is 0 Å². The monoisotopic (exact) mass is 288 g/mol. The van der Waals surface area contributed by atoms with Crippen LogP contribution in [0.25, 0.3) is 6.08 Å². The van der Waals surface area contributed by atoms with Crippen molar-refractivity contribution in [1.82, 2.24) is 10.6 Å². The largest absolute Gasteiger partial charge is 0.454 e. The molecule has 1 aromatic rings.